The van der Waals surface area contributed by atoms with Crippen LogP contribution in [0.1, 0.15) is 26.5 Å². The van der Waals surface area contributed by atoms with Gasteiger partial charge in [0.15, 0.2) is 0 Å². The van der Waals surface area contributed by atoms with Gasteiger partial charge in [0.2, 0.25) is 0 Å². The van der Waals surface area contributed by atoms with Crippen molar-refractivity contribution in [2.45, 2.75) is 39.3 Å². The van der Waals surface area contributed by atoms with E-state index in [0.717, 1.165) is 18.0 Å². The van der Waals surface area contributed by atoms with Gasteiger partial charge in [-0.05, 0) is 39.8 Å². The Labute approximate surface area is 110 Å². The Kier molecular flexibility index (Phi) is 5.56. The second kappa shape index (κ2) is 6.71. The third kappa shape index (κ3) is 5.47. The zero-order chi connectivity index (χ0) is 13.6. The second-order valence-electron chi connectivity index (χ2n) is 5.41. The highest BCUT2D eigenvalue weighted by atomic mass is 16.5. The summed E-state index contributed by atoms with van der Waals surface area (Å²) >= 11 is 0. The number of hydrogen-bond donors (Lipinski definition) is 1. The zero-order valence-corrected chi connectivity index (χ0v) is 12.0. The molecule has 4 heteroatoms. The van der Waals surface area contributed by atoms with E-state index >= 15 is 0 Å². The van der Waals surface area contributed by atoms with Crippen molar-refractivity contribution in [3.05, 3.63) is 24.0 Å². The molecular weight excluding hydrogens is 228 g/mol. The van der Waals surface area contributed by atoms with Gasteiger partial charge >= 0.3 is 0 Å². The van der Waals surface area contributed by atoms with Gasteiger partial charge in [-0.1, -0.05) is 0 Å². The minimum Gasteiger partial charge on any atom is -0.485 e. The first-order valence-corrected chi connectivity index (χ1v) is 6.24. The quantitative estimate of drug-likeness (QED) is 0.842. The summed E-state index contributed by atoms with van der Waals surface area (Å²) in [6.07, 6.45) is 1.75. The number of ether oxygens (including phenoxy) is 2. The molecule has 0 fully saturated rings. The fourth-order valence-electron chi connectivity index (χ4n) is 1.51. The predicted molar refractivity (Wildman–Crippen MR) is 73.0 cm³/mol. The number of rotatable bonds is 6. The number of hydrogen-bond acceptors (Lipinski definition) is 4. The lowest BCUT2D eigenvalue weighted by Gasteiger charge is -2.26. The molecule has 1 aromatic rings. The lowest BCUT2D eigenvalue weighted by atomic mass is 10.1. The molecule has 0 radical (unpaired) electrons. The second-order valence-corrected chi connectivity index (χ2v) is 5.41. The third-order valence-electron chi connectivity index (χ3n) is 2.46. The predicted octanol–water partition coefficient (Wildman–Crippen LogP) is 2.17. The molecule has 0 aromatic carbocycles. The van der Waals surface area contributed by atoms with Gasteiger partial charge in [0.05, 0.1) is 12.3 Å². The Hall–Kier alpha value is -1.13. The van der Waals surface area contributed by atoms with Gasteiger partial charge < -0.3 is 14.8 Å². The van der Waals surface area contributed by atoms with Crippen molar-refractivity contribution >= 4 is 0 Å². The first-order valence-electron chi connectivity index (χ1n) is 6.24. The van der Waals surface area contributed by atoms with Crippen molar-refractivity contribution < 1.29 is 9.47 Å². The summed E-state index contributed by atoms with van der Waals surface area (Å²) in [6, 6.07) is 3.81. The minimum absolute atomic E-state index is 0.0166. The summed E-state index contributed by atoms with van der Waals surface area (Å²) in [6.45, 7) is 9.63. The van der Waals surface area contributed by atoms with E-state index in [9.17, 15) is 0 Å². The molecule has 1 unspecified atom stereocenters. The molecule has 1 N–H and O–H groups in total. The van der Waals surface area contributed by atoms with Gasteiger partial charge in [-0.25, -0.2) is 0 Å². The van der Waals surface area contributed by atoms with Crippen LogP contribution in [0.5, 0.6) is 5.75 Å². The highest BCUT2D eigenvalue weighted by molar-refractivity contribution is 5.25. The van der Waals surface area contributed by atoms with E-state index in [4.69, 9.17) is 9.47 Å². The van der Waals surface area contributed by atoms with Crippen molar-refractivity contribution in [3.8, 4) is 5.75 Å². The highest BCUT2D eigenvalue weighted by Crippen LogP contribution is 2.15. The Morgan fingerprint density at radius 1 is 1.39 bits per heavy atom. The molecule has 0 saturated heterocycles. The summed E-state index contributed by atoms with van der Waals surface area (Å²) in [5, 5.41) is 3.42. The van der Waals surface area contributed by atoms with E-state index in [1.54, 1.807) is 13.3 Å². The van der Waals surface area contributed by atoms with Gasteiger partial charge in [-0.3, -0.25) is 4.98 Å². The molecule has 18 heavy (non-hydrogen) atoms. The van der Waals surface area contributed by atoms with Gasteiger partial charge in [0, 0.05) is 25.4 Å². The molecule has 0 aliphatic rings. The van der Waals surface area contributed by atoms with Crippen molar-refractivity contribution in [1.29, 1.82) is 0 Å². The van der Waals surface area contributed by atoms with Crippen molar-refractivity contribution in [1.82, 2.24) is 10.3 Å². The molecule has 0 aliphatic heterocycles. The Morgan fingerprint density at radius 2 is 2.11 bits per heavy atom. The average Bonchev–Trinajstić information content (AvgIpc) is 2.28. The molecule has 4 nitrogen and oxygen atoms in total. The lowest BCUT2D eigenvalue weighted by Crippen LogP contribution is -2.44. The van der Waals surface area contributed by atoms with Crippen LogP contribution in [-0.2, 0) is 4.74 Å². The van der Waals surface area contributed by atoms with Crippen LogP contribution in [0, 0.1) is 6.92 Å². The molecule has 0 bridgehead atoms. The van der Waals surface area contributed by atoms with Crippen LogP contribution < -0.4 is 10.1 Å². The van der Waals surface area contributed by atoms with Crippen LogP contribution in [0.2, 0.25) is 0 Å². The van der Waals surface area contributed by atoms with Crippen LogP contribution in [0.3, 0.4) is 0 Å². The maximum atomic E-state index is 5.93. The third-order valence-corrected chi connectivity index (χ3v) is 2.46. The summed E-state index contributed by atoms with van der Waals surface area (Å²) in [5.74, 6) is 0.815. The van der Waals surface area contributed by atoms with Gasteiger partial charge in [-0.15, -0.1) is 0 Å². The number of aryl methyl sites for hydroxylation is 1. The minimum atomic E-state index is -0.0166. The van der Waals surface area contributed by atoms with Crippen molar-refractivity contribution in [3.63, 3.8) is 0 Å². The number of pyridine rings is 1. The van der Waals surface area contributed by atoms with Gasteiger partial charge in [0.25, 0.3) is 0 Å². The smallest absolute Gasteiger partial charge is 0.141 e. The molecule has 1 heterocycles. The van der Waals surface area contributed by atoms with Crippen LogP contribution in [-0.4, -0.2) is 36.9 Å². The molecule has 0 spiro atoms. The number of aromatic nitrogens is 1. The maximum absolute atomic E-state index is 5.93. The van der Waals surface area contributed by atoms with E-state index in [-0.39, 0.29) is 11.6 Å². The number of nitrogens with one attached hydrogen (secondary N) is 1. The topological polar surface area (TPSA) is 43.4 Å². The first-order chi connectivity index (χ1) is 8.42. The standard InChI is InChI=1S/C14H24N2O2/c1-11-13(7-6-8-15-11)18-12(10-17-5)9-16-14(2,3)4/h6-8,12,16H,9-10H2,1-5H3. The van der Waals surface area contributed by atoms with E-state index in [0.29, 0.717) is 6.61 Å². The number of methoxy groups -OCH3 is 1. The summed E-state index contributed by atoms with van der Waals surface area (Å²) in [5.41, 5.74) is 0.966. The van der Waals surface area contributed by atoms with E-state index < -0.39 is 0 Å². The van der Waals surface area contributed by atoms with Crippen molar-refractivity contribution in [2.75, 3.05) is 20.3 Å². The largest absolute Gasteiger partial charge is 0.485 e. The van der Waals surface area contributed by atoms with Crippen LogP contribution >= 0.6 is 0 Å². The highest BCUT2D eigenvalue weighted by Gasteiger charge is 2.16. The zero-order valence-electron chi connectivity index (χ0n) is 12.0. The van der Waals surface area contributed by atoms with Crippen molar-refractivity contribution in [2.24, 2.45) is 0 Å². The van der Waals surface area contributed by atoms with Gasteiger partial charge in [0.1, 0.15) is 11.9 Å². The molecular formula is C14H24N2O2. The van der Waals surface area contributed by atoms with Crippen LogP contribution in [0.4, 0.5) is 0 Å². The first kappa shape index (κ1) is 14.9. The summed E-state index contributed by atoms with van der Waals surface area (Å²) < 4.78 is 11.1. The average molecular weight is 252 g/mol. The van der Waals surface area contributed by atoms with E-state index in [1.165, 1.54) is 0 Å². The van der Waals surface area contributed by atoms with E-state index in [2.05, 4.69) is 31.1 Å². The molecule has 102 valence electrons. The van der Waals surface area contributed by atoms with Gasteiger partial charge in [-0.2, -0.15) is 0 Å². The summed E-state index contributed by atoms with van der Waals surface area (Å²) in [4.78, 5) is 4.21. The Bertz CT molecular complexity index is 361. The van der Waals surface area contributed by atoms with E-state index in [1.807, 2.05) is 19.1 Å². The monoisotopic (exact) mass is 252 g/mol. The van der Waals surface area contributed by atoms with Crippen LogP contribution in [0.25, 0.3) is 0 Å². The normalized spacial score (nSPS) is 13.4. The molecule has 1 aromatic heterocycles. The SMILES string of the molecule is COCC(CNC(C)(C)C)Oc1cccnc1C. The number of nitrogens with zero attached hydrogens (tertiary/aromatic N) is 1. The molecule has 1 rings (SSSR count). The molecule has 0 saturated carbocycles. The fourth-order valence-corrected chi connectivity index (χ4v) is 1.51. The lowest BCUT2D eigenvalue weighted by molar-refractivity contribution is 0.0757. The molecule has 0 amide bonds. The fraction of sp³-hybridized carbons (Fsp3) is 0.643. The Balaban J connectivity index is 2.60. The van der Waals surface area contributed by atoms with Crippen LogP contribution in [0.15, 0.2) is 18.3 Å². The maximum Gasteiger partial charge on any atom is 0.141 e. The Morgan fingerprint density at radius 3 is 2.67 bits per heavy atom. The molecule has 1 atom stereocenters. The summed E-state index contributed by atoms with van der Waals surface area (Å²) in [7, 11) is 1.68. The molecule has 0 aliphatic carbocycles.